The molecular formula is C24H17Cl2N3O5. The van der Waals surface area contributed by atoms with Crippen molar-refractivity contribution in [2.75, 3.05) is 11.9 Å². The maximum atomic E-state index is 13.0. The van der Waals surface area contributed by atoms with Gasteiger partial charge < -0.3 is 10.1 Å². The van der Waals surface area contributed by atoms with Crippen LogP contribution in [-0.2, 0) is 20.7 Å². The van der Waals surface area contributed by atoms with E-state index in [-0.39, 0.29) is 28.4 Å². The van der Waals surface area contributed by atoms with Crippen molar-refractivity contribution >= 4 is 52.7 Å². The molecule has 1 aromatic heterocycles. The SMILES string of the molecule is O=C(COC(=O)[C@@H](Cc1ccccc1)N1C(=O)c2ccccc2C1=O)Nc1ncc(Cl)cc1Cl. The normalized spacial score (nSPS) is 13.4. The molecule has 3 amide bonds. The molecule has 0 bridgehead atoms. The number of anilines is 1. The van der Waals surface area contributed by atoms with E-state index < -0.39 is 36.3 Å². The van der Waals surface area contributed by atoms with E-state index >= 15 is 0 Å². The number of benzene rings is 2. The Morgan fingerprint density at radius 3 is 2.21 bits per heavy atom. The molecule has 3 aromatic rings. The van der Waals surface area contributed by atoms with Crippen LogP contribution in [0.15, 0.2) is 66.9 Å². The van der Waals surface area contributed by atoms with Crippen LogP contribution in [-0.4, -0.2) is 46.2 Å². The number of fused-ring (bicyclic) bond motifs is 1. The summed E-state index contributed by atoms with van der Waals surface area (Å²) >= 11 is 11.8. The third-order valence-corrected chi connectivity index (χ3v) is 5.59. The average Bonchev–Trinajstić information content (AvgIpc) is 3.08. The van der Waals surface area contributed by atoms with E-state index in [1.54, 1.807) is 42.5 Å². The Labute approximate surface area is 204 Å². The molecule has 2 aromatic carbocycles. The van der Waals surface area contributed by atoms with Gasteiger partial charge in [-0.15, -0.1) is 0 Å². The van der Waals surface area contributed by atoms with Crippen molar-refractivity contribution in [3.63, 3.8) is 0 Å². The minimum absolute atomic E-state index is 0.0251. The van der Waals surface area contributed by atoms with Crippen LogP contribution in [0.5, 0.6) is 0 Å². The quantitative estimate of drug-likeness (QED) is 0.393. The molecular weight excluding hydrogens is 481 g/mol. The number of nitrogens with zero attached hydrogens (tertiary/aromatic N) is 2. The molecule has 0 radical (unpaired) electrons. The van der Waals surface area contributed by atoms with Crippen LogP contribution >= 0.6 is 23.2 Å². The van der Waals surface area contributed by atoms with E-state index in [0.29, 0.717) is 10.6 Å². The first-order valence-electron chi connectivity index (χ1n) is 10.1. The summed E-state index contributed by atoms with van der Waals surface area (Å²) in [6.45, 7) is -0.673. The van der Waals surface area contributed by atoms with Gasteiger partial charge in [-0.05, 0) is 23.8 Å². The number of halogens is 2. The zero-order valence-electron chi connectivity index (χ0n) is 17.5. The number of esters is 1. The molecule has 1 aliphatic heterocycles. The van der Waals surface area contributed by atoms with Gasteiger partial charge in [-0.25, -0.2) is 9.78 Å². The maximum absolute atomic E-state index is 13.0. The lowest BCUT2D eigenvalue weighted by Crippen LogP contribution is -2.47. The van der Waals surface area contributed by atoms with Crippen molar-refractivity contribution in [3.05, 3.63) is 93.6 Å². The summed E-state index contributed by atoms with van der Waals surface area (Å²) in [6, 6.07) is 15.3. The molecule has 0 unspecified atom stereocenters. The highest BCUT2D eigenvalue weighted by Gasteiger charge is 2.43. The Bertz CT molecular complexity index is 1250. The van der Waals surface area contributed by atoms with Gasteiger partial charge in [0.15, 0.2) is 12.4 Å². The van der Waals surface area contributed by atoms with Crippen molar-refractivity contribution in [2.24, 2.45) is 0 Å². The Morgan fingerprint density at radius 1 is 0.971 bits per heavy atom. The summed E-state index contributed by atoms with van der Waals surface area (Å²) in [6.07, 6.45) is 1.32. The number of imide groups is 1. The van der Waals surface area contributed by atoms with Gasteiger partial charge in [0.05, 0.1) is 21.2 Å². The first-order chi connectivity index (χ1) is 16.3. The minimum atomic E-state index is -1.26. The fourth-order valence-corrected chi connectivity index (χ4v) is 3.94. The van der Waals surface area contributed by atoms with E-state index in [9.17, 15) is 19.2 Å². The van der Waals surface area contributed by atoms with Crippen molar-refractivity contribution in [1.29, 1.82) is 0 Å². The highest BCUT2D eigenvalue weighted by Crippen LogP contribution is 2.27. The van der Waals surface area contributed by atoms with Crippen LogP contribution in [0.4, 0.5) is 5.82 Å². The van der Waals surface area contributed by atoms with E-state index in [1.807, 2.05) is 0 Å². The van der Waals surface area contributed by atoms with E-state index in [4.69, 9.17) is 27.9 Å². The van der Waals surface area contributed by atoms with Gasteiger partial charge in [-0.1, -0.05) is 65.7 Å². The number of carbonyl (C=O) groups excluding carboxylic acids is 4. The second-order valence-electron chi connectivity index (χ2n) is 7.37. The zero-order valence-corrected chi connectivity index (χ0v) is 19.0. The maximum Gasteiger partial charge on any atom is 0.330 e. The van der Waals surface area contributed by atoms with Crippen LogP contribution in [0.2, 0.25) is 10.0 Å². The molecule has 0 fully saturated rings. The van der Waals surface area contributed by atoms with Gasteiger partial charge in [0, 0.05) is 12.6 Å². The number of ether oxygens (including phenoxy) is 1. The summed E-state index contributed by atoms with van der Waals surface area (Å²) in [5.74, 6) is -2.75. The fraction of sp³-hybridized carbons (Fsp3) is 0.125. The second-order valence-corrected chi connectivity index (χ2v) is 8.21. The topological polar surface area (TPSA) is 106 Å². The lowest BCUT2D eigenvalue weighted by atomic mass is 10.0. The van der Waals surface area contributed by atoms with E-state index in [0.717, 1.165) is 4.90 Å². The van der Waals surface area contributed by atoms with Gasteiger partial charge in [-0.3, -0.25) is 19.3 Å². The minimum Gasteiger partial charge on any atom is -0.454 e. The molecule has 2 heterocycles. The lowest BCUT2D eigenvalue weighted by molar-refractivity contribution is -0.151. The van der Waals surface area contributed by atoms with Crippen LogP contribution in [0.3, 0.4) is 0 Å². The third kappa shape index (κ3) is 4.93. The second kappa shape index (κ2) is 10.0. The fourth-order valence-electron chi connectivity index (χ4n) is 3.52. The number of pyridine rings is 1. The van der Waals surface area contributed by atoms with Crippen molar-refractivity contribution in [1.82, 2.24) is 9.88 Å². The number of hydrogen-bond acceptors (Lipinski definition) is 6. The molecule has 1 N–H and O–H groups in total. The molecule has 1 aliphatic rings. The summed E-state index contributed by atoms with van der Waals surface area (Å²) in [5, 5.41) is 2.82. The predicted molar refractivity (Wildman–Crippen MR) is 125 cm³/mol. The van der Waals surface area contributed by atoms with Gasteiger partial charge in [0.2, 0.25) is 0 Å². The molecule has 4 rings (SSSR count). The molecule has 172 valence electrons. The van der Waals surface area contributed by atoms with Crippen molar-refractivity contribution < 1.29 is 23.9 Å². The first kappa shape index (κ1) is 23.4. The Kier molecular flexibility index (Phi) is 6.90. The number of amides is 3. The van der Waals surface area contributed by atoms with Crippen LogP contribution < -0.4 is 5.32 Å². The Hall–Kier alpha value is -3.75. The molecule has 10 heteroatoms. The third-order valence-electron chi connectivity index (χ3n) is 5.09. The van der Waals surface area contributed by atoms with Gasteiger partial charge >= 0.3 is 5.97 Å². The standard InChI is InChI=1S/C24H17Cl2N3O5/c25-15-11-18(26)21(27-12-15)28-20(30)13-34-24(33)19(10-14-6-2-1-3-7-14)29-22(31)16-8-4-5-9-17(16)23(29)32/h1-9,11-12,19H,10,13H2,(H,27,28,30)/t19-/m1/s1. The van der Waals surface area contributed by atoms with Gasteiger partial charge in [0.25, 0.3) is 17.7 Å². The highest BCUT2D eigenvalue weighted by molar-refractivity contribution is 6.36. The lowest BCUT2D eigenvalue weighted by Gasteiger charge is -2.24. The van der Waals surface area contributed by atoms with Gasteiger partial charge in [-0.2, -0.15) is 0 Å². The Morgan fingerprint density at radius 2 is 1.59 bits per heavy atom. The van der Waals surface area contributed by atoms with E-state index in [1.165, 1.54) is 24.4 Å². The number of hydrogen-bond donors (Lipinski definition) is 1. The number of nitrogens with one attached hydrogen (secondary N) is 1. The number of rotatable bonds is 7. The van der Waals surface area contributed by atoms with Crippen molar-refractivity contribution in [2.45, 2.75) is 12.5 Å². The highest BCUT2D eigenvalue weighted by atomic mass is 35.5. The smallest absolute Gasteiger partial charge is 0.330 e. The molecule has 34 heavy (non-hydrogen) atoms. The first-order valence-corrected chi connectivity index (χ1v) is 10.9. The zero-order chi connectivity index (χ0) is 24.2. The average molecular weight is 498 g/mol. The van der Waals surface area contributed by atoms with Crippen LogP contribution in [0.1, 0.15) is 26.3 Å². The molecule has 0 saturated heterocycles. The van der Waals surface area contributed by atoms with E-state index in [2.05, 4.69) is 10.3 Å². The predicted octanol–water partition coefficient (Wildman–Crippen LogP) is 3.78. The largest absolute Gasteiger partial charge is 0.454 e. The molecule has 1 atom stereocenters. The molecule has 0 saturated carbocycles. The molecule has 0 aliphatic carbocycles. The summed E-state index contributed by atoms with van der Waals surface area (Å²) in [4.78, 5) is 56.1. The summed E-state index contributed by atoms with van der Waals surface area (Å²) < 4.78 is 5.19. The van der Waals surface area contributed by atoms with Crippen molar-refractivity contribution in [3.8, 4) is 0 Å². The summed E-state index contributed by atoms with van der Waals surface area (Å²) in [5.41, 5.74) is 1.13. The van der Waals surface area contributed by atoms with Crippen LogP contribution in [0.25, 0.3) is 0 Å². The van der Waals surface area contributed by atoms with Gasteiger partial charge in [0.1, 0.15) is 6.04 Å². The molecule has 0 spiro atoms. The summed E-state index contributed by atoms with van der Waals surface area (Å²) in [7, 11) is 0. The number of carbonyl (C=O) groups is 4. The molecule has 8 nitrogen and oxygen atoms in total. The monoisotopic (exact) mass is 497 g/mol. The number of aromatic nitrogens is 1. The van der Waals surface area contributed by atoms with Crippen LogP contribution in [0, 0.1) is 0 Å². The Balaban J connectivity index is 1.51.